The Hall–Kier alpha value is -0.570. The van der Waals surface area contributed by atoms with E-state index in [2.05, 4.69) is 25.7 Å². The highest BCUT2D eigenvalue weighted by molar-refractivity contribution is 14.1. The van der Waals surface area contributed by atoms with Crippen molar-refractivity contribution >= 4 is 49.3 Å². The van der Waals surface area contributed by atoms with Gasteiger partial charge in [-0.15, -0.1) is 13.2 Å². The van der Waals surface area contributed by atoms with Crippen LogP contribution in [0.3, 0.4) is 0 Å². The van der Waals surface area contributed by atoms with Gasteiger partial charge in [-0.05, 0) is 40.8 Å². The smallest absolute Gasteiger partial charge is 0.403 e. The maximum Gasteiger partial charge on any atom is 0.573 e. The molecule has 0 aliphatic carbocycles. The fourth-order valence-electron chi connectivity index (χ4n) is 1.36. The number of fused-ring (bicyclic) bond motifs is 1. The van der Waals surface area contributed by atoms with Gasteiger partial charge >= 0.3 is 6.36 Å². The van der Waals surface area contributed by atoms with E-state index in [1.165, 1.54) is 0 Å². The summed E-state index contributed by atoms with van der Waals surface area (Å²) in [5.74, 6) is -0.291. The summed E-state index contributed by atoms with van der Waals surface area (Å²) in [5, 5.41) is 0.992. The van der Waals surface area contributed by atoms with Gasteiger partial charge in [-0.3, -0.25) is 0 Å². The lowest BCUT2D eigenvalue weighted by molar-refractivity contribution is -0.274. The monoisotopic (exact) mass is 417 g/mol. The molecule has 0 aliphatic rings. The standard InChI is InChI=1S/C10H4BrF3INO/c11-5-1-2-6-7(3-5)9(15)16-4-8(6)17-10(12,13)14/h1-4H. The Morgan fingerprint density at radius 3 is 2.59 bits per heavy atom. The number of hydrogen-bond acceptors (Lipinski definition) is 2. The molecular formula is C10H4BrF3INO. The Morgan fingerprint density at radius 2 is 1.94 bits per heavy atom. The average Bonchev–Trinajstić information content (AvgIpc) is 2.21. The molecule has 0 N–H and O–H groups in total. The zero-order valence-electron chi connectivity index (χ0n) is 8.05. The maximum absolute atomic E-state index is 12.2. The molecule has 0 atom stereocenters. The van der Waals surface area contributed by atoms with Crippen LogP contribution in [0.15, 0.2) is 28.9 Å². The lowest BCUT2D eigenvalue weighted by Crippen LogP contribution is -2.17. The van der Waals surface area contributed by atoms with Crippen LogP contribution in [-0.2, 0) is 0 Å². The molecule has 17 heavy (non-hydrogen) atoms. The van der Waals surface area contributed by atoms with Gasteiger partial charge in [-0.25, -0.2) is 4.98 Å². The van der Waals surface area contributed by atoms with E-state index in [1.54, 1.807) is 18.2 Å². The number of alkyl halides is 3. The Morgan fingerprint density at radius 1 is 1.24 bits per heavy atom. The van der Waals surface area contributed by atoms with Gasteiger partial charge in [-0.1, -0.05) is 15.9 Å². The van der Waals surface area contributed by atoms with Crippen molar-refractivity contribution < 1.29 is 17.9 Å². The molecule has 2 aromatic rings. The number of hydrogen-bond donors (Lipinski definition) is 0. The van der Waals surface area contributed by atoms with Crippen LogP contribution in [0.1, 0.15) is 0 Å². The fraction of sp³-hybridized carbons (Fsp3) is 0.100. The van der Waals surface area contributed by atoms with Crippen molar-refractivity contribution in [1.82, 2.24) is 4.98 Å². The Labute approximate surface area is 116 Å². The van der Waals surface area contributed by atoms with Crippen molar-refractivity contribution in [3.05, 3.63) is 32.6 Å². The molecule has 0 radical (unpaired) electrons. The van der Waals surface area contributed by atoms with E-state index >= 15 is 0 Å². The molecule has 1 aromatic carbocycles. The highest BCUT2D eigenvalue weighted by atomic mass is 127. The molecule has 0 unspecified atom stereocenters. The van der Waals surface area contributed by atoms with Crippen LogP contribution in [0.2, 0.25) is 0 Å². The first-order valence-electron chi connectivity index (χ1n) is 4.36. The van der Waals surface area contributed by atoms with Gasteiger partial charge in [0.25, 0.3) is 0 Å². The molecule has 2 rings (SSSR count). The average molecular weight is 418 g/mol. The number of benzene rings is 1. The first-order valence-corrected chi connectivity index (χ1v) is 6.23. The molecule has 7 heteroatoms. The summed E-state index contributed by atoms with van der Waals surface area (Å²) in [4.78, 5) is 3.87. The molecule has 0 amide bonds. The zero-order valence-corrected chi connectivity index (χ0v) is 11.8. The highest BCUT2D eigenvalue weighted by Gasteiger charge is 2.32. The van der Waals surface area contributed by atoms with E-state index in [0.717, 1.165) is 10.7 Å². The van der Waals surface area contributed by atoms with Gasteiger partial charge in [0.05, 0.1) is 6.20 Å². The number of ether oxygens (including phenoxy) is 1. The Balaban J connectivity index is 2.62. The topological polar surface area (TPSA) is 22.1 Å². The van der Waals surface area contributed by atoms with Gasteiger partial charge in [0, 0.05) is 15.2 Å². The lowest BCUT2D eigenvalue weighted by Gasteiger charge is -2.11. The van der Waals surface area contributed by atoms with Gasteiger partial charge in [0.2, 0.25) is 0 Å². The van der Waals surface area contributed by atoms with Crippen LogP contribution in [0.5, 0.6) is 5.75 Å². The van der Waals surface area contributed by atoms with Crippen molar-refractivity contribution in [2.75, 3.05) is 0 Å². The van der Waals surface area contributed by atoms with Crippen molar-refractivity contribution in [2.24, 2.45) is 0 Å². The Kier molecular flexibility index (Phi) is 3.48. The molecule has 0 saturated heterocycles. The van der Waals surface area contributed by atoms with E-state index in [-0.39, 0.29) is 5.75 Å². The summed E-state index contributed by atoms with van der Waals surface area (Å²) in [5.41, 5.74) is 0. The van der Waals surface area contributed by atoms with E-state index in [1.807, 2.05) is 22.6 Å². The highest BCUT2D eigenvalue weighted by Crippen LogP contribution is 2.33. The largest absolute Gasteiger partial charge is 0.573 e. The zero-order chi connectivity index (χ0) is 12.6. The van der Waals surface area contributed by atoms with Crippen LogP contribution in [-0.4, -0.2) is 11.3 Å². The second-order valence-electron chi connectivity index (χ2n) is 3.15. The van der Waals surface area contributed by atoms with E-state index in [4.69, 9.17) is 0 Å². The van der Waals surface area contributed by atoms with Crippen molar-refractivity contribution in [2.45, 2.75) is 6.36 Å². The maximum atomic E-state index is 12.2. The van der Waals surface area contributed by atoms with Crippen LogP contribution >= 0.6 is 38.5 Å². The lowest BCUT2D eigenvalue weighted by atomic mass is 10.2. The normalized spacial score (nSPS) is 11.8. The SMILES string of the molecule is FC(F)(F)Oc1cnc(I)c2cc(Br)ccc12. The van der Waals surface area contributed by atoms with Gasteiger partial charge in [-0.2, -0.15) is 0 Å². The quantitative estimate of drug-likeness (QED) is 0.503. The third-order valence-corrected chi connectivity index (χ3v) is 3.34. The molecular weight excluding hydrogens is 414 g/mol. The first-order chi connectivity index (χ1) is 7.87. The molecule has 0 spiro atoms. The number of halogens is 5. The second kappa shape index (κ2) is 4.60. The Bertz CT molecular complexity index is 573. The van der Waals surface area contributed by atoms with Crippen LogP contribution in [0.25, 0.3) is 10.8 Å². The van der Waals surface area contributed by atoms with E-state index in [9.17, 15) is 13.2 Å². The predicted molar refractivity (Wildman–Crippen MR) is 68.8 cm³/mol. The number of aromatic nitrogens is 1. The summed E-state index contributed by atoms with van der Waals surface area (Å²) < 4.78 is 41.9. The molecule has 0 fully saturated rings. The minimum absolute atomic E-state index is 0.291. The minimum Gasteiger partial charge on any atom is -0.403 e. The van der Waals surface area contributed by atoms with Crippen LogP contribution in [0.4, 0.5) is 13.2 Å². The molecule has 1 heterocycles. The summed E-state index contributed by atoms with van der Waals surface area (Å²) in [6, 6.07) is 4.92. The van der Waals surface area contributed by atoms with Crippen molar-refractivity contribution in [1.29, 1.82) is 0 Å². The van der Waals surface area contributed by atoms with Gasteiger partial charge in [0.1, 0.15) is 3.70 Å². The van der Waals surface area contributed by atoms with Gasteiger partial charge < -0.3 is 4.74 Å². The van der Waals surface area contributed by atoms with Gasteiger partial charge in [0.15, 0.2) is 5.75 Å². The molecule has 2 nitrogen and oxygen atoms in total. The minimum atomic E-state index is -4.71. The third kappa shape index (κ3) is 3.01. The van der Waals surface area contributed by atoms with E-state index in [0.29, 0.717) is 14.5 Å². The fourth-order valence-corrected chi connectivity index (χ4v) is 2.31. The molecule has 0 saturated carbocycles. The van der Waals surface area contributed by atoms with Crippen molar-refractivity contribution in [3.8, 4) is 5.75 Å². The number of nitrogens with zero attached hydrogens (tertiary/aromatic N) is 1. The van der Waals surface area contributed by atoms with Crippen LogP contribution < -0.4 is 4.74 Å². The summed E-state index contributed by atoms with van der Waals surface area (Å²) in [6.45, 7) is 0. The number of pyridine rings is 1. The second-order valence-corrected chi connectivity index (χ2v) is 5.09. The molecule has 1 aromatic heterocycles. The first kappa shape index (κ1) is 12.9. The van der Waals surface area contributed by atoms with E-state index < -0.39 is 6.36 Å². The summed E-state index contributed by atoms with van der Waals surface area (Å²) in [7, 11) is 0. The summed E-state index contributed by atoms with van der Waals surface area (Å²) in [6.07, 6.45) is -3.64. The van der Waals surface area contributed by atoms with Crippen LogP contribution in [0, 0.1) is 3.70 Å². The predicted octanol–water partition coefficient (Wildman–Crippen LogP) is 4.50. The van der Waals surface area contributed by atoms with Crippen molar-refractivity contribution in [3.63, 3.8) is 0 Å². The molecule has 90 valence electrons. The third-order valence-electron chi connectivity index (χ3n) is 1.99. The number of rotatable bonds is 1. The molecule has 0 aliphatic heterocycles. The molecule has 0 bridgehead atoms. The summed E-state index contributed by atoms with van der Waals surface area (Å²) >= 11 is 5.22.